The topological polar surface area (TPSA) is 69.9 Å². The molecule has 0 fully saturated rings. The van der Waals surface area contributed by atoms with Gasteiger partial charge in [-0.15, -0.1) is 0 Å². The van der Waals surface area contributed by atoms with Gasteiger partial charge in [0.1, 0.15) is 22.3 Å². The zero-order valence-corrected chi connectivity index (χ0v) is 30.4. The van der Waals surface area contributed by atoms with E-state index in [0.717, 1.165) is 99.1 Å². The smallest absolute Gasteiger partial charge is 0.238 e. The third-order valence-corrected chi connectivity index (χ3v) is 11.1. The fourth-order valence-electron chi connectivity index (χ4n) is 8.43. The van der Waals surface area contributed by atoms with Gasteiger partial charge in [-0.3, -0.25) is 4.57 Å². The van der Waals surface area contributed by atoms with E-state index in [-0.39, 0.29) is 0 Å². The summed E-state index contributed by atoms with van der Waals surface area (Å²) < 4.78 is 15.3. The molecule has 0 radical (unpaired) electrons. The largest absolute Gasteiger partial charge is 0.456 e. The Morgan fingerprint density at radius 1 is 0.368 bits per heavy atom. The summed E-state index contributed by atoms with van der Waals surface area (Å²) in [6.07, 6.45) is 0. The van der Waals surface area contributed by atoms with E-state index >= 15 is 0 Å². The first-order chi connectivity index (χ1) is 28.2. The van der Waals surface area contributed by atoms with E-state index in [9.17, 15) is 0 Å². The molecule has 6 heteroatoms. The molecule has 12 rings (SSSR count). The highest BCUT2D eigenvalue weighted by Crippen LogP contribution is 2.41. The van der Waals surface area contributed by atoms with Crippen molar-refractivity contribution >= 4 is 65.7 Å². The Hall–Kier alpha value is -7.83. The number of rotatable bonds is 5. The van der Waals surface area contributed by atoms with Crippen LogP contribution in [0.25, 0.3) is 117 Å². The summed E-state index contributed by atoms with van der Waals surface area (Å²) in [6, 6.07) is 62.6. The average Bonchev–Trinajstić information content (AvgIpc) is 3.96. The van der Waals surface area contributed by atoms with Crippen molar-refractivity contribution in [3.05, 3.63) is 182 Å². The second-order valence-electron chi connectivity index (χ2n) is 14.4. The quantitative estimate of drug-likeness (QED) is 0.176. The molecule has 4 aromatic heterocycles. The minimum absolute atomic E-state index is 0.498. The van der Waals surface area contributed by atoms with Crippen LogP contribution < -0.4 is 0 Å². The van der Waals surface area contributed by atoms with E-state index in [1.165, 1.54) is 0 Å². The Morgan fingerprint density at radius 3 is 1.81 bits per heavy atom. The maximum atomic E-state index is 6.66. The third kappa shape index (κ3) is 4.94. The van der Waals surface area contributed by atoms with Gasteiger partial charge >= 0.3 is 0 Å². The molecule has 0 atom stereocenters. The van der Waals surface area contributed by atoms with Crippen LogP contribution in [-0.4, -0.2) is 19.5 Å². The van der Waals surface area contributed by atoms with E-state index in [0.29, 0.717) is 17.6 Å². The number of para-hydroxylation sites is 2. The average molecular weight is 731 g/mol. The summed E-state index contributed by atoms with van der Waals surface area (Å²) in [5, 5.41) is 6.37. The zero-order valence-electron chi connectivity index (χ0n) is 30.4. The van der Waals surface area contributed by atoms with Crippen molar-refractivity contribution in [2.45, 2.75) is 0 Å². The fraction of sp³-hybridized carbons (Fsp3) is 0. The van der Waals surface area contributed by atoms with E-state index in [1.807, 2.05) is 42.5 Å². The molecule has 0 saturated carbocycles. The number of hydrogen-bond donors (Lipinski definition) is 0. The lowest BCUT2D eigenvalue weighted by atomic mass is 9.99. The Bertz CT molecular complexity index is 3510. The maximum Gasteiger partial charge on any atom is 0.238 e. The molecule has 266 valence electrons. The highest BCUT2D eigenvalue weighted by atomic mass is 16.3. The molecule has 0 aliphatic carbocycles. The molecule has 0 bridgehead atoms. The molecule has 8 aromatic carbocycles. The molecule has 0 unspecified atom stereocenters. The Kier molecular flexibility index (Phi) is 6.83. The van der Waals surface area contributed by atoms with Crippen LogP contribution >= 0.6 is 0 Å². The van der Waals surface area contributed by atoms with E-state index in [2.05, 4.69) is 144 Å². The first-order valence-electron chi connectivity index (χ1n) is 19.0. The minimum Gasteiger partial charge on any atom is -0.456 e. The summed E-state index contributed by atoms with van der Waals surface area (Å²) in [5.41, 5.74) is 11.4. The number of fused-ring (bicyclic) bond motifs is 10. The van der Waals surface area contributed by atoms with Gasteiger partial charge in [0.15, 0.2) is 17.2 Å². The summed E-state index contributed by atoms with van der Waals surface area (Å²) in [7, 11) is 0. The summed E-state index contributed by atoms with van der Waals surface area (Å²) >= 11 is 0. The van der Waals surface area contributed by atoms with Crippen molar-refractivity contribution in [1.82, 2.24) is 19.5 Å². The highest BCUT2D eigenvalue weighted by Gasteiger charge is 2.22. The van der Waals surface area contributed by atoms with Crippen molar-refractivity contribution in [2.24, 2.45) is 0 Å². The van der Waals surface area contributed by atoms with Crippen molar-refractivity contribution in [1.29, 1.82) is 0 Å². The highest BCUT2D eigenvalue weighted by molar-refractivity contribution is 6.21. The Labute approximate surface area is 325 Å². The SMILES string of the molecule is c1ccc(-c2ccc(-c3nc(-c4ccc5c(c4)oc4cccc(-c6ccccc6)c45)nc(-n4c5ccccc5c5ccc6c7ccccc7oc6c54)n3)cc2)cc1. The first kappa shape index (κ1) is 31.5. The summed E-state index contributed by atoms with van der Waals surface area (Å²) in [4.78, 5) is 15.7. The van der Waals surface area contributed by atoms with Gasteiger partial charge in [-0.25, -0.2) is 4.98 Å². The molecule has 0 aliphatic heterocycles. The fourth-order valence-corrected chi connectivity index (χ4v) is 8.43. The van der Waals surface area contributed by atoms with Crippen molar-refractivity contribution in [2.75, 3.05) is 0 Å². The predicted octanol–water partition coefficient (Wildman–Crippen LogP) is 13.4. The normalized spacial score (nSPS) is 11.9. The summed E-state index contributed by atoms with van der Waals surface area (Å²) in [5.74, 6) is 1.60. The molecule has 0 amide bonds. The Balaban J connectivity index is 1.11. The van der Waals surface area contributed by atoms with E-state index in [1.54, 1.807) is 0 Å². The van der Waals surface area contributed by atoms with Crippen LogP contribution in [0.4, 0.5) is 0 Å². The number of benzene rings is 8. The maximum absolute atomic E-state index is 6.66. The molecule has 4 heterocycles. The standard InChI is InChI=1S/C51H30N4O2/c1-3-12-31(13-4-1)32-22-24-34(25-23-32)49-52-50(35-26-27-41-45(30-35)56-44-21-11-18-36(46(41)44)33-14-5-2-6-15-33)54-51(53-49)55-42-19-9-7-16-37(42)39-28-29-40-38-17-8-10-20-43(38)57-48(40)47(39)55/h1-30H. The number of furan rings is 2. The summed E-state index contributed by atoms with van der Waals surface area (Å²) in [6.45, 7) is 0. The van der Waals surface area contributed by atoms with Gasteiger partial charge in [0.2, 0.25) is 5.95 Å². The molecule has 0 saturated heterocycles. The third-order valence-electron chi connectivity index (χ3n) is 11.1. The van der Waals surface area contributed by atoms with E-state index in [4.69, 9.17) is 23.8 Å². The van der Waals surface area contributed by atoms with Crippen LogP contribution in [0.2, 0.25) is 0 Å². The van der Waals surface area contributed by atoms with Crippen LogP contribution in [0.3, 0.4) is 0 Å². The first-order valence-corrected chi connectivity index (χ1v) is 19.0. The lowest BCUT2D eigenvalue weighted by Crippen LogP contribution is -2.06. The van der Waals surface area contributed by atoms with Crippen LogP contribution in [0, 0.1) is 0 Å². The Morgan fingerprint density at radius 2 is 0.982 bits per heavy atom. The molecular formula is C51H30N4O2. The lowest BCUT2D eigenvalue weighted by Gasteiger charge is -2.11. The molecule has 0 aliphatic rings. The predicted molar refractivity (Wildman–Crippen MR) is 230 cm³/mol. The molecule has 6 nitrogen and oxygen atoms in total. The lowest BCUT2D eigenvalue weighted by molar-refractivity contribution is 0.669. The van der Waals surface area contributed by atoms with Gasteiger partial charge < -0.3 is 8.83 Å². The zero-order chi connectivity index (χ0) is 37.5. The van der Waals surface area contributed by atoms with Crippen LogP contribution in [-0.2, 0) is 0 Å². The molecular weight excluding hydrogens is 701 g/mol. The van der Waals surface area contributed by atoms with Crippen LogP contribution in [0.5, 0.6) is 0 Å². The van der Waals surface area contributed by atoms with Gasteiger partial charge in [0, 0.05) is 43.4 Å². The number of aromatic nitrogens is 4. The molecule has 0 N–H and O–H groups in total. The monoisotopic (exact) mass is 730 g/mol. The number of hydrogen-bond acceptors (Lipinski definition) is 5. The van der Waals surface area contributed by atoms with Gasteiger partial charge in [-0.05, 0) is 58.7 Å². The van der Waals surface area contributed by atoms with Crippen molar-refractivity contribution in [3.63, 3.8) is 0 Å². The second kappa shape index (κ2) is 12.3. The molecule has 0 spiro atoms. The van der Waals surface area contributed by atoms with Crippen molar-refractivity contribution < 1.29 is 8.83 Å². The number of nitrogens with zero attached hydrogens (tertiary/aromatic N) is 4. The molecule has 12 aromatic rings. The van der Waals surface area contributed by atoms with Gasteiger partial charge in [0.05, 0.1) is 5.52 Å². The van der Waals surface area contributed by atoms with Crippen LogP contribution in [0.15, 0.2) is 191 Å². The van der Waals surface area contributed by atoms with E-state index < -0.39 is 0 Å². The minimum atomic E-state index is 0.498. The van der Waals surface area contributed by atoms with Gasteiger partial charge in [-0.2, -0.15) is 9.97 Å². The van der Waals surface area contributed by atoms with Gasteiger partial charge in [0.25, 0.3) is 0 Å². The molecule has 57 heavy (non-hydrogen) atoms. The van der Waals surface area contributed by atoms with Crippen molar-refractivity contribution in [3.8, 4) is 51.0 Å². The van der Waals surface area contributed by atoms with Crippen LogP contribution in [0.1, 0.15) is 0 Å². The second-order valence-corrected chi connectivity index (χ2v) is 14.4. The van der Waals surface area contributed by atoms with Gasteiger partial charge in [-0.1, -0.05) is 146 Å².